The van der Waals surface area contributed by atoms with Crippen molar-refractivity contribution >= 4 is 11.6 Å². The number of nitrogens with one attached hydrogen (secondary N) is 1. The van der Waals surface area contributed by atoms with Gasteiger partial charge in [-0.25, -0.2) is 4.39 Å². The maximum absolute atomic E-state index is 13.4. The summed E-state index contributed by atoms with van der Waals surface area (Å²) in [6.07, 6.45) is 0. The molecule has 21 heavy (non-hydrogen) atoms. The summed E-state index contributed by atoms with van der Waals surface area (Å²) in [4.78, 5) is 0. The third-order valence-electron chi connectivity index (χ3n) is 3.24. The summed E-state index contributed by atoms with van der Waals surface area (Å²) >= 11 is 5.94. The van der Waals surface area contributed by atoms with Crippen LogP contribution in [0.4, 0.5) is 4.39 Å². The zero-order valence-electron chi connectivity index (χ0n) is 12.0. The van der Waals surface area contributed by atoms with E-state index in [1.54, 1.807) is 6.07 Å². The van der Waals surface area contributed by atoms with Gasteiger partial charge in [-0.15, -0.1) is 0 Å². The predicted octanol–water partition coefficient (Wildman–Crippen LogP) is 4.31. The lowest BCUT2D eigenvalue weighted by molar-refractivity contribution is 0.133. The molecule has 0 bridgehead atoms. The largest absolute Gasteiger partial charge is 0.377 e. The summed E-state index contributed by atoms with van der Waals surface area (Å²) in [6, 6.07) is 13.0. The molecule has 0 fully saturated rings. The van der Waals surface area contributed by atoms with E-state index >= 15 is 0 Å². The molecule has 112 valence electrons. The van der Waals surface area contributed by atoms with E-state index in [1.807, 2.05) is 25.1 Å². The van der Waals surface area contributed by atoms with Crippen LogP contribution in [-0.2, 0) is 24.4 Å². The summed E-state index contributed by atoms with van der Waals surface area (Å²) in [7, 11) is 0. The van der Waals surface area contributed by atoms with Crippen molar-refractivity contribution in [2.45, 2.75) is 26.6 Å². The van der Waals surface area contributed by atoms with E-state index in [-0.39, 0.29) is 10.8 Å². The minimum Gasteiger partial charge on any atom is -0.377 e. The Kier molecular flexibility index (Phi) is 6.18. The third kappa shape index (κ3) is 4.53. The van der Waals surface area contributed by atoms with Crippen molar-refractivity contribution < 1.29 is 9.13 Å². The van der Waals surface area contributed by atoms with Crippen molar-refractivity contribution in [1.82, 2.24) is 5.32 Å². The monoisotopic (exact) mass is 307 g/mol. The van der Waals surface area contributed by atoms with Gasteiger partial charge in [-0.05, 0) is 29.7 Å². The second-order valence-corrected chi connectivity index (χ2v) is 5.10. The Balaban J connectivity index is 1.95. The first-order valence-electron chi connectivity index (χ1n) is 7.00. The van der Waals surface area contributed by atoms with Gasteiger partial charge in [0.2, 0.25) is 0 Å². The lowest BCUT2D eigenvalue weighted by Crippen LogP contribution is -2.14. The van der Waals surface area contributed by atoms with Crippen LogP contribution in [-0.4, -0.2) is 6.61 Å². The van der Waals surface area contributed by atoms with Gasteiger partial charge in [0.1, 0.15) is 5.82 Å². The van der Waals surface area contributed by atoms with Crippen molar-refractivity contribution in [3.05, 3.63) is 70.0 Å². The van der Waals surface area contributed by atoms with Crippen LogP contribution in [0.15, 0.2) is 42.5 Å². The zero-order chi connectivity index (χ0) is 15.1. The van der Waals surface area contributed by atoms with Crippen LogP contribution in [0.1, 0.15) is 23.6 Å². The molecule has 0 saturated carbocycles. The first-order valence-corrected chi connectivity index (χ1v) is 7.38. The normalized spacial score (nSPS) is 10.8. The molecule has 0 heterocycles. The minimum absolute atomic E-state index is 0.188. The Morgan fingerprint density at radius 3 is 2.43 bits per heavy atom. The van der Waals surface area contributed by atoms with Crippen LogP contribution in [0.5, 0.6) is 0 Å². The standard InChI is InChI=1S/C17H19ClFNO/c1-2-21-12-15-7-4-3-6-13(15)10-20-11-14-8-5-9-16(19)17(14)18/h3-9,20H,2,10-12H2,1H3. The Morgan fingerprint density at radius 1 is 1.00 bits per heavy atom. The molecule has 2 nitrogen and oxygen atoms in total. The Hall–Kier alpha value is -1.42. The average Bonchev–Trinajstić information content (AvgIpc) is 2.50. The molecule has 0 radical (unpaired) electrons. The van der Waals surface area contributed by atoms with E-state index in [9.17, 15) is 4.39 Å². The topological polar surface area (TPSA) is 21.3 Å². The Labute approximate surface area is 129 Å². The molecule has 0 spiro atoms. The number of halogens is 2. The maximum atomic E-state index is 13.4. The lowest BCUT2D eigenvalue weighted by Gasteiger charge is -2.11. The molecule has 2 rings (SSSR count). The molecular formula is C17H19ClFNO. The summed E-state index contributed by atoms with van der Waals surface area (Å²) in [5.74, 6) is -0.382. The van der Waals surface area contributed by atoms with Gasteiger partial charge in [0, 0.05) is 19.7 Å². The van der Waals surface area contributed by atoms with E-state index in [1.165, 1.54) is 11.6 Å². The molecule has 0 unspecified atom stereocenters. The summed E-state index contributed by atoms with van der Waals surface area (Å²) < 4.78 is 18.8. The average molecular weight is 308 g/mol. The van der Waals surface area contributed by atoms with E-state index in [0.717, 1.165) is 11.1 Å². The molecule has 0 aromatic heterocycles. The van der Waals surface area contributed by atoms with Crippen molar-refractivity contribution in [2.24, 2.45) is 0 Å². The summed E-state index contributed by atoms with van der Waals surface area (Å²) in [5, 5.41) is 3.48. The highest BCUT2D eigenvalue weighted by molar-refractivity contribution is 6.31. The van der Waals surface area contributed by atoms with Crippen molar-refractivity contribution in [2.75, 3.05) is 6.61 Å². The van der Waals surface area contributed by atoms with E-state index in [4.69, 9.17) is 16.3 Å². The van der Waals surface area contributed by atoms with Crippen LogP contribution >= 0.6 is 11.6 Å². The molecule has 2 aromatic carbocycles. The minimum atomic E-state index is -0.382. The number of rotatable bonds is 7. The summed E-state index contributed by atoms with van der Waals surface area (Å²) in [6.45, 7) is 4.50. The molecule has 0 aliphatic heterocycles. The number of hydrogen-bond donors (Lipinski definition) is 1. The van der Waals surface area contributed by atoms with Gasteiger partial charge in [-0.1, -0.05) is 48.0 Å². The highest BCUT2D eigenvalue weighted by atomic mass is 35.5. The second-order valence-electron chi connectivity index (χ2n) is 4.72. The molecular weight excluding hydrogens is 289 g/mol. The Bertz CT molecular complexity index is 589. The van der Waals surface area contributed by atoms with Crippen LogP contribution in [0.2, 0.25) is 5.02 Å². The van der Waals surface area contributed by atoms with Gasteiger partial charge in [-0.3, -0.25) is 0 Å². The number of hydrogen-bond acceptors (Lipinski definition) is 2. The zero-order valence-corrected chi connectivity index (χ0v) is 12.8. The fourth-order valence-corrected chi connectivity index (χ4v) is 2.29. The van der Waals surface area contributed by atoms with Crippen molar-refractivity contribution in [3.63, 3.8) is 0 Å². The molecule has 1 N–H and O–H groups in total. The fourth-order valence-electron chi connectivity index (χ4n) is 2.10. The smallest absolute Gasteiger partial charge is 0.142 e. The van der Waals surface area contributed by atoms with Crippen LogP contribution in [0.3, 0.4) is 0 Å². The van der Waals surface area contributed by atoms with E-state index in [0.29, 0.717) is 26.3 Å². The number of benzene rings is 2. The fraction of sp³-hybridized carbons (Fsp3) is 0.294. The molecule has 0 aliphatic carbocycles. The maximum Gasteiger partial charge on any atom is 0.142 e. The van der Waals surface area contributed by atoms with E-state index < -0.39 is 0 Å². The van der Waals surface area contributed by atoms with Gasteiger partial charge in [0.05, 0.1) is 11.6 Å². The molecule has 0 saturated heterocycles. The van der Waals surface area contributed by atoms with Crippen molar-refractivity contribution in [3.8, 4) is 0 Å². The first kappa shape index (κ1) is 16.0. The molecule has 0 atom stereocenters. The van der Waals surface area contributed by atoms with Gasteiger partial charge < -0.3 is 10.1 Å². The highest BCUT2D eigenvalue weighted by Crippen LogP contribution is 2.19. The van der Waals surface area contributed by atoms with Gasteiger partial charge in [-0.2, -0.15) is 0 Å². The predicted molar refractivity (Wildman–Crippen MR) is 83.7 cm³/mol. The van der Waals surface area contributed by atoms with Crippen LogP contribution in [0.25, 0.3) is 0 Å². The number of ether oxygens (including phenoxy) is 1. The first-order chi connectivity index (χ1) is 10.2. The van der Waals surface area contributed by atoms with Crippen LogP contribution < -0.4 is 5.32 Å². The molecule has 2 aromatic rings. The van der Waals surface area contributed by atoms with Gasteiger partial charge in [0.25, 0.3) is 0 Å². The van der Waals surface area contributed by atoms with Crippen molar-refractivity contribution in [1.29, 1.82) is 0 Å². The quantitative estimate of drug-likeness (QED) is 0.823. The Morgan fingerprint density at radius 2 is 1.67 bits per heavy atom. The molecule has 4 heteroatoms. The van der Waals surface area contributed by atoms with Crippen LogP contribution in [0, 0.1) is 5.82 Å². The van der Waals surface area contributed by atoms with Gasteiger partial charge in [0.15, 0.2) is 0 Å². The second kappa shape index (κ2) is 8.13. The van der Waals surface area contributed by atoms with E-state index in [2.05, 4.69) is 17.4 Å². The molecule has 0 aliphatic rings. The lowest BCUT2D eigenvalue weighted by atomic mass is 10.1. The van der Waals surface area contributed by atoms with Gasteiger partial charge >= 0.3 is 0 Å². The SMILES string of the molecule is CCOCc1ccccc1CNCc1cccc(F)c1Cl. The molecule has 0 amide bonds. The highest BCUT2D eigenvalue weighted by Gasteiger charge is 2.06. The summed E-state index contributed by atoms with van der Waals surface area (Å²) in [5.41, 5.74) is 3.11. The third-order valence-corrected chi connectivity index (χ3v) is 3.67.